The van der Waals surface area contributed by atoms with Crippen LogP contribution in [0.1, 0.15) is 60.9 Å². The van der Waals surface area contributed by atoms with E-state index in [1.807, 2.05) is 6.92 Å². The summed E-state index contributed by atoms with van der Waals surface area (Å²) in [5.74, 6) is -0.356. The molecule has 0 amide bonds. The van der Waals surface area contributed by atoms with Crippen LogP contribution in [-0.4, -0.2) is 57.4 Å². The van der Waals surface area contributed by atoms with Crippen molar-refractivity contribution in [1.82, 2.24) is 0 Å². The van der Waals surface area contributed by atoms with Crippen molar-refractivity contribution in [3.63, 3.8) is 0 Å². The van der Waals surface area contributed by atoms with Crippen LogP contribution >= 0.6 is 0 Å². The van der Waals surface area contributed by atoms with Gasteiger partial charge in [-0.3, -0.25) is 4.79 Å². The van der Waals surface area contributed by atoms with Crippen LogP contribution in [-0.2, 0) is 28.6 Å². The third-order valence-electron chi connectivity index (χ3n) is 6.07. The van der Waals surface area contributed by atoms with Crippen molar-refractivity contribution >= 4 is 23.9 Å². The largest absolute Gasteiger partial charge is 0.494 e. The van der Waals surface area contributed by atoms with Gasteiger partial charge in [0.05, 0.1) is 45.5 Å². The first-order chi connectivity index (χ1) is 20.7. The summed E-state index contributed by atoms with van der Waals surface area (Å²) < 4.78 is 31.5. The van der Waals surface area contributed by atoms with Crippen LogP contribution in [0.3, 0.4) is 0 Å². The number of esters is 4. The molecule has 0 aliphatic rings. The maximum atomic E-state index is 12.6. The number of aryl methyl sites for hydroxylation is 1. The predicted molar refractivity (Wildman–Crippen MR) is 159 cm³/mol. The smallest absolute Gasteiger partial charge is 0.343 e. The molecule has 0 aliphatic carbocycles. The van der Waals surface area contributed by atoms with Crippen molar-refractivity contribution in [2.75, 3.05) is 33.5 Å². The van der Waals surface area contributed by atoms with E-state index in [0.717, 1.165) is 37.3 Å². The second-order valence-electron chi connectivity index (χ2n) is 9.52. The van der Waals surface area contributed by atoms with E-state index < -0.39 is 23.9 Å². The summed E-state index contributed by atoms with van der Waals surface area (Å²) in [6.07, 6.45) is 5.72. The summed E-state index contributed by atoms with van der Waals surface area (Å²) in [5, 5.41) is 0. The van der Waals surface area contributed by atoms with Gasteiger partial charge in [-0.15, -0.1) is 0 Å². The molecular weight excluding hydrogens is 556 g/mol. The molecule has 0 heterocycles. The van der Waals surface area contributed by atoms with Gasteiger partial charge in [0.2, 0.25) is 0 Å². The first kappa shape index (κ1) is 34.6. The lowest BCUT2D eigenvalue weighted by Crippen LogP contribution is -2.13. The van der Waals surface area contributed by atoms with Gasteiger partial charge in [-0.05, 0) is 93.5 Å². The topological polar surface area (TPSA) is 124 Å². The molecule has 2 aromatic rings. The highest BCUT2D eigenvalue weighted by molar-refractivity contribution is 5.93. The summed E-state index contributed by atoms with van der Waals surface area (Å²) in [6.45, 7) is 10.3. The fourth-order valence-corrected chi connectivity index (χ4v) is 3.66. The number of methoxy groups -OCH3 is 1. The van der Waals surface area contributed by atoms with Crippen molar-refractivity contribution in [1.29, 1.82) is 0 Å². The molecule has 0 aromatic heterocycles. The lowest BCUT2D eigenvalue weighted by Gasteiger charge is -2.11. The molecule has 232 valence electrons. The number of benzene rings is 2. The minimum absolute atomic E-state index is 0.0478. The third kappa shape index (κ3) is 13.7. The Morgan fingerprint density at radius 2 is 1.37 bits per heavy atom. The molecule has 0 unspecified atom stereocenters. The van der Waals surface area contributed by atoms with Crippen LogP contribution in [0.2, 0.25) is 0 Å². The average Bonchev–Trinajstić information content (AvgIpc) is 3.00. The predicted octanol–water partition coefficient (Wildman–Crippen LogP) is 5.70. The molecule has 10 nitrogen and oxygen atoms in total. The fourth-order valence-electron chi connectivity index (χ4n) is 3.66. The summed E-state index contributed by atoms with van der Waals surface area (Å²) in [7, 11) is 1.24. The Labute approximate surface area is 252 Å². The summed E-state index contributed by atoms with van der Waals surface area (Å²) in [5.41, 5.74) is 1.29. The van der Waals surface area contributed by atoms with Crippen LogP contribution in [0.4, 0.5) is 0 Å². The van der Waals surface area contributed by atoms with Gasteiger partial charge < -0.3 is 28.4 Å². The molecule has 2 rings (SSSR count). The first-order valence-electron chi connectivity index (χ1n) is 14.1. The molecule has 2 aromatic carbocycles. The molecule has 0 atom stereocenters. The molecule has 43 heavy (non-hydrogen) atoms. The van der Waals surface area contributed by atoms with Gasteiger partial charge in [-0.2, -0.15) is 0 Å². The van der Waals surface area contributed by atoms with E-state index in [0.29, 0.717) is 55.5 Å². The molecular formula is C33H40O10. The third-order valence-corrected chi connectivity index (χ3v) is 6.07. The van der Waals surface area contributed by atoms with E-state index in [2.05, 4.69) is 17.9 Å². The second kappa shape index (κ2) is 19.5. The summed E-state index contributed by atoms with van der Waals surface area (Å²) in [4.78, 5) is 46.6. The highest BCUT2D eigenvalue weighted by Crippen LogP contribution is 2.22. The number of ether oxygens (including phenoxy) is 6. The first-order valence-corrected chi connectivity index (χ1v) is 14.1. The normalized spacial score (nSPS) is 10.3. The number of carbonyl (C=O) groups excluding carboxylic acids is 4. The van der Waals surface area contributed by atoms with Gasteiger partial charge in [0.1, 0.15) is 17.2 Å². The van der Waals surface area contributed by atoms with Gasteiger partial charge >= 0.3 is 23.9 Å². The zero-order chi connectivity index (χ0) is 31.5. The van der Waals surface area contributed by atoms with Gasteiger partial charge in [-0.25, -0.2) is 14.4 Å². The molecule has 0 spiro atoms. The molecule has 0 saturated heterocycles. The Bertz CT molecular complexity index is 1230. The van der Waals surface area contributed by atoms with E-state index in [9.17, 15) is 19.2 Å². The number of hydrogen-bond acceptors (Lipinski definition) is 10. The van der Waals surface area contributed by atoms with E-state index in [1.54, 1.807) is 42.5 Å². The lowest BCUT2D eigenvalue weighted by atomic mass is 10.1. The van der Waals surface area contributed by atoms with Crippen molar-refractivity contribution in [3.05, 3.63) is 78.4 Å². The summed E-state index contributed by atoms with van der Waals surface area (Å²) in [6, 6.07) is 11.9. The van der Waals surface area contributed by atoms with Crippen LogP contribution in [0.5, 0.6) is 17.2 Å². The number of unbranched alkanes of at least 4 members (excludes halogenated alkanes) is 4. The average molecular weight is 597 g/mol. The second-order valence-corrected chi connectivity index (χ2v) is 9.52. The van der Waals surface area contributed by atoms with E-state index in [-0.39, 0.29) is 18.6 Å². The molecule has 0 bridgehead atoms. The Morgan fingerprint density at radius 3 is 2.05 bits per heavy atom. The van der Waals surface area contributed by atoms with Crippen LogP contribution in [0.15, 0.2) is 67.3 Å². The Kier molecular flexibility index (Phi) is 15.7. The molecule has 0 aliphatic heterocycles. The van der Waals surface area contributed by atoms with Crippen LogP contribution in [0, 0.1) is 6.92 Å². The van der Waals surface area contributed by atoms with Crippen molar-refractivity contribution in [2.24, 2.45) is 0 Å². The van der Waals surface area contributed by atoms with Gasteiger partial charge in [0.25, 0.3) is 0 Å². The Morgan fingerprint density at radius 1 is 0.767 bits per heavy atom. The Balaban J connectivity index is 1.65. The standard InChI is InChI=1S/C33H40O10/c1-5-30(34)41-20-9-7-6-8-19-40-29-17-12-26(22-24(29)2)33(37)43-28-15-13-27(14-16-28)39-18-10-11-21-42-32(36)25(3)23-31(35)38-4/h5,12-17,22H,1,3,6-11,18-21,23H2,2,4H3. The molecule has 0 fully saturated rings. The highest BCUT2D eigenvalue weighted by atomic mass is 16.5. The zero-order valence-corrected chi connectivity index (χ0v) is 24.9. The molecule has 0 N–H and O–H groups in total. The van der Waals surface area contributed by atoms with Crippen LogP contribution in [0.25, 0.3) is 0 Å². The van der Waals surface area contributed by atoms with Crippen molar-refractivity contribution in [3.8, 4) is 17.2 Å². The van der Waals surface area contributed by atoms with E-state index in [4.69, 9.17) is 23.7 Å². The van der Waals surface area contributed by atoms with Gasteiger partial charge in [0, 0.05) is 11.6 Å². The number of rotatable bonds is 20. The van der Waals surface area contributed by atoms with Gasteiger partial charge in [0.15, 0.2) is 0 Å². The number of carbonyl (C=O) groups is 4. The van der Waals surface area contributed by atoms with Crippen molar-refractivity contribution in [2.45, 2.75) is 51.9 Å². The number of hydrogen-bond donors (Lipinski definition) is 0. The monoisotopic (exact) mass is 596 g/mol. The molecule has 0 saturated carbocycles. The molecule has 0 radical (unpaired) electrons. The molecule has 10 heteroatoms. The maximum Gasteiger partial charge on any atom is 0.343 e. The van der Waals surface area contributed by atoms with Crippen molar-refractivity contribution < 1.29 is 47.6 Å². The van der Waals surface area contributed by atoms with Gasteiger partial charge in [-0.1, -0.05) is 13.2 Å². The zero-order valence-electron chi connectivity index (χ0n) is 24.9. The van der Waals surface area contributed by atoms with E-state index in [1.165, 1.54) is 7.11 Å². The van der Waals surface area contributed by atoms with Crippen LogP contribution < -0.4 is 14.2 Å². The fraction of sp³-hybridized carbons (Fsp3) is 0.394. The SMILES string of the molecule is C=CC(=O)OCCCCCCOc1ccc(C(=O)Oc2ccc(OCCCCOC(=O)C(=C)CC(=O)OC)cc2)cc1C. The lowest BCUT2D eigenvalue weighted by molar-refractivity contribution is -0.144. The minimum atomic E-state index is -0.624. The minimum Gasteiger partial charge on any atom is -0.494 e. The summed E-state index contributed by atoms with van der Waals surface area (Å²) >= 11 is 0. The quantitative estimate of drug-likeness (QED) is 0.0618. The highest BCUT2D eigenvalue weighted by Gasteiger charge is 2.14. The van der Waals surface area contributed by atoms with E-state index >= 15 is 0 Å². The maximum absolute atomic E-state index is 12.6. The Hall–Kier alpha value is -4.60.